The van der Waals surface area contributed by atoms with Gasteiger partial charge in [0.2, 0.25) is 10.0 Å². The molecule has 0 radical (unpaired) electrons. The number of alkyl halides is 1. The van der Waals surface area contributed by atoms with Gasteiger partial charge >= 0.3 is 0 Å². The predicted molar refractivity (Wildman–Crippen MR) is 99.2 cm³/mol. The number of benzene rings is 2. The van der Waals surface area contributed by atoms with Crippen LogP contribution in [0.3, 0.4) is 0 Å². The van der Waals surface area contributed by atoms with E-state index in [0.717, 1.165) is 18.4 Å². The van der Waals surface area contributed by atoms with Gasteiger partial charge in [0.15, 0.2) is 11.5 Å². The SMILES string of the molecule is COc1ccccc1OCCNS(=O)(=O)c1ccc(CCCCl)cc1. The first-order valence-corrected chi connectivity index (χ1v) is 9.99. The van der Waals surface area contributed by atoms with E-state index in [1.807, 2.05) is 24.3 Å². The molecule has 0 atom stereocenters. The van der Waals surface area contributed by atoms with Crippen LogP contribution >= 0.6 is 11.6 Å². The zero-order chi connectivity index (χ0) is 18.1. The molecule has 5 nitrogen and oxygen atoms in total. The highest BCUT2D eigenvalue weighted by Crippen LogP contribution is 2.25. The quantitative estimate of drug-likeness (QED) is 0.505. The molecule has 2 aromatic carbocycles. The highest BCUT2D eigenvalue weighted by atomic mass is 35.5. The molecule has 0 amide bonds. The Labute approximate surface area is 154 Å². The summed E-state index contributed by atoms with van der Waals surface area (Å²) in [6.45, 7) is 0.363. The lowest BCUT2D eigenvalue weighted by Gasteiger charge is -2.11. The first-order valence-electron chi connectivity index (χ1n) is 7.97. The predicted octanol–water partition coefficient (Wildman–Crippen LogP) is 3.22. The normalized spacial score (nSPS) is 11.3. The Balaban J connectivity index is 1.86. The van der Waals surface area contributed by atoms with Crippen molar-refractivity contribution in [3.05, 3.63) is 54.1 Å². The van der Waals surface area contributed by atoms with Gasteiger partial charge in [0.1, 0.15) is 6.61 Å². The lowest BCUT2D eigenvalue weighted by Crippen LogP contribution is -2.28. The van der Waals surface area contributed by atoms with Gasteiger partial charge in [-0.05, 0) is 42.7 Å². The number of para-hydroxylation sites is 2. The molecule has 0 aliphatic carbocycles. The Morgan fingerprint density at radius 3 is 2.36 bits per heavy atom. The van der Waals surface area contributed by atoms with Crippen molar-refractivity contribution in [3.8, 4) is 11.5 Å². The number of nitrogens with one attached hydrogen (secondary N) is 1. The Hall–Kier alpha value is -1.76. The van der Waals surface area contributed by atoms with Crippen molar-refractivity contribution in [2.45, 2.75) is 17.7 Å². The second-order valence-corrected chi connectivity index (χ2v) is 7.48. The van der Waals surface area contributed by atoms with E-state index in [9.17, 15) is 8.42 Å². The van der Waals surface area contributed by atoms with E-state index in [1.165, 1.54) is 0 Å². The number of halogens is 1. The minimum absolute atomic E-state index is 0.161. The second kappa shape index (κ2) is 9.65. The first kappa shape index (κ1) is 19.6. The molecule has 0 aromatic heterocycles. The molecular formula is C18H22ClNO4S. The van der Waals surface area contributed by atoms with Crippen molar-refractivity contribution in [2.75, 3.05) is 26.1 Å². The second-order valence-electron chi connectivity index (χ2n) is 5.33. The van der Waals surface area contributed by atoms with Gasteiger partial charge < -0.3 is 9.47 Å². The number of hydrogen-bond donors (Lipinski definition) is 1. The average Bonchev–Trinajstić information content (AvgIpc) is 2.64. The summed E-state index contributed by atoms with van der Waals surface area (Å²) in [5.74, 6) is 1.78. The van der Waals surface area contributed by atoms with E-state index >= 15 is 0 Å². The van der Waals surface area contributed by atoms with Gasteiger partial charge in [-0.3, -0.25) is 0 Å². The van der Waals surface area contributed by atoms with Gasteiger partial charge in [-0.1, -0.05) is 24.3 Å². The highest BCUT2D eigenvalue weighted by molar-refractivity contribution is 7.89. The Morgan fingerprint density at radius 2 is 1.72 bits per heavy atom. The molecule has 136 valence electrons. The van der Waals surface area contributed by atoms with Crippen molar-refractivity contribution >= 4 is 21.6 Å². The van der Waals surface area contributed by atoms with Gasteiger partial charge in [0.25, 0.3) is 0 Å². The third-order valence-corrected chi connectivity index (χ3v) is 5.30. The number of rotatable bonds is 10. The van der Waals surface area contributed by atoms with Crippen molar-refractivity contribution in [1.82, 2.24) is 4.72 Å². The molecule has 7 heteroatoms. The van der Waals surface area contributed by atoms with Crippen LogP contribution in [0.5, 0.6) is 11.5 Å². The van der Waals surface area contributed by atoms with Gasteiger partial charge in [0.05, 0.1) is 12.0 Å². The summed E-state index contributed by atoms with van der Waals surface area (Å²) >= 11 is 5.66. The summed E-state index contributed by atoms with van der Waals surface area (Å²) in [5.41, 5.74) is 1.07. The molecule has 1 N–H and O–H groups in total. The molecular weight excluding hydrogens is 362 g/mol. The van der Waals surface area contributed by atoms with Gasteiger partial charge in [-0.25, -0.2) is 13.1 Å². The molecule has 0 unspecified atom stereocenters. The average molecular weight is 384 g/mol. The summed E-state index contributed by atoms with van der Waals surface area (Å²) < 4.78 is 37.8. The number of sulfonamides is 1. The van der Waals surface area contributed by atoms with Crippen LogP contribution in [0, 0.1) is 0 Å². The van der Waals surface area contributed by atoms with Crippen molar-refractivity contribution < 1.29 is 17.9 Å². The van der Waals surface area contributed by atoms with E-state index in [1.54, 1.807) is 31.4 Å². The van der Waals surface area contributed by atoms with Crippen LogP contribution < -0.4 is 14.2 Å². The Morgan fingerprint density at radius 1 is 1.04 bits per heavy atom. The third-order valence-electron chi connectivity index (χ3n) is 3.55. The monoisotopic (exact) mass is 383 g/mol. The largest absolute Gasteiger partial charge is 0.493 e. The fourth-order valence-electron chi connectivity index (χ4n) is 2.26. The van der Waals surface area contributed by atoms with Gasteiger partial charge in [0, 0.05) is 12.4 Å². The van der Waals surface area contributed by atoms with E-state index in [-0.39, 0.29) is 18.0 Å². The molecule has 2 aromatic rings. The summed E-state index contributed by atoms with van der Waals surface area (Å²) in [5, 5.41) is 0. The van der Waals surface area contributed by atoms with Crippen LogP contribution in [0.15, 0.2) is 53.4 Å². The van der Waals surface area contributed by atoms with Crippen molar-refractivity contribution in [3.63, 3.8) is 0 Å². The zero-order valence-electron chi connectivity index (χ0n) is 14.1. The molecule has 0 bridgehead atoms. The van der Waals surface area contributed by atoms with Gasteiger partial charge in [-0.2, -0.15) is 0 Å². The fraction of sp³-hybridized carbons (Fsp3) is 0.333. The van der Waals surface area contributed by atoms with Crippen LogP contribution in [-0.4, -0.2) is 34.6 Å². The van der Waals surface area contributed by atoms with E-state index in [2.05, 4.69) is 4.72 Å². The topological polar surface area (TPSA) is 64.6 Å². The smallest absolute Gasteiger partial charge is 0.240 e. The summed E-state index contributed by atoms with van der Waals surface area (Å²) in [7, 11) is -2.00. The standard InChI is InChI=1S/C18H22ClNO4S/c1-23-17-6-2-3-7-18(17)24-14-13-20-25(21,22)16-10-8-15(9-11-16)5-4-12-19/h2-3,6-11,20H,4-5,12-14H2,1H3. The number of ether oxygens (including phenoxy) is 2. The number of aryl methyl sites for hydroxylation is 1. The molecule has 0 heterocycles. The maximum atomic E-state index is 12.3. The summed E-state index contributed by atoms with van der Waals surface area (Å²) in [6, 6.07) is 14.1. The molecule has 2 rings (SSSR count). The number of hydrogen-bond acceptors (Lipinski definition) is 4. The Kier molecular flexibility index (Phi) is 7.55. The van der Waals surface area contributed by atoms with E-state index in [0.29, 0.717) is 17.4 Å². The third kappa shape index (κ3) is 5.92. The lowest BCUT2D eigenvalue weighted by molar-refractivity contribution is 0.299. The minimum Gasteiger partial charge on any atom is -0.493 e. The van der Waals surface area contributed by atoms with Crippen LogP contribution in [-0.2, 0) is 16.4 Å². The summed E-state index contributed by atoms with van der Waals surface area (Å²) in [6.07, 6.45) is 1.70. The molecule has 0 aliphatic rings. The van der Waals surface area contributed by atoms with Crippen LogP contribution in [0.2, 0.25) is 0 Å². The maximum Gasteiger partial charge on any atom is 0.240 e. The minimum atomic E-state index is -3.55. The van der Waals surface area contributed by atoms with Crippen molar-refractivity contribution in [2.24, 2.45) is 0 Å². The highest BCUT2D eigenvalue weighted by Gasteiger charge is 2.13. The molecule has 0 saturated heterocycles. The van der Waals surface area contributed by atoms with Crippen molar-refractivity contribution in [1.29, 1.82) is 0 Å². The molecule has 25 heavy (non-hydrogen) atoms. The molecule has 0 fully saturated rings. The van der Waals surface area contributed by atoms with Gasteiger partial charge in [-0.15, -0.1) is 11.6 Å². The molecule has 0 spiro atoms. The van der Waals surface area contributed by atoms with E-state index < -0.39 is 10.0 Å². The fourth-order valence-corrected chi connectivity index (χ4v) is 3.41. The molecule has 0 saturated carbocycles. The first-order chi connectivity index (χ1) is 12.1. The molecule has 0 aliphatic heterocycles. The van der Waals surface area contributed by atoms with E-state index in [4.69, 9.17) is 21.1 Å². The zero-order valence-corrected chi connectivity index (χ0v) is 15.6. The van der Waals surface area contributed by atoms with Crippen LogP contribution in [0.25, 0.3) is 0 Å². The lowest BCUT2D eigenvalue weighted by atomic mass is 10.1. The maximum absolute atomic E-state index is 12.3. The Bertz CT molecular complexity index is 763. The summed E-state index contributed by atoms with van der Waals surface area (Å²) in [4.78, 5) is 0.236. The number of methoxy groups -OCH3 is 1. The van der Waals surface area contributed by atoms with Crippen LogP contribution in [0.1, 0.15) is 12.0 Å². The van der Waals surface area contributed by atoms with Crippen LogP contribution in [0.4, 0.5) is 0 Å².